The lowest BCUT2D eigenvalue weighted by Crippen LogP contribution is -2.12. The van der Waals surface area contributed by atoms with Gasteiger partial charge in [0.25, 0.3) is 5.91 Å². The van der Waals surface area contributed by atoms with Crippen LogP contribution < -0.4 is 5.32 Å². The van der Waals surface area contributed by atoms with E-state index in [1.54, 1.807) is 6.92 Å². The Morgan fingerprint density at radius 3 is 2.53 bits per heavy atom. The fourth-order valence-corrected chi connectivity index (χ4v) is 1.27. The second-order valence-corrected chi connectivity index (χ2v) is 3.27. The highest BCUT2D eigenvalue weighted by Gasteiger charge is 2.18. The molecule has 1 heterocycles. The zero-order valence-electron chi connectivity index (χ0n) is 8.84. The Morgan fingerprint density at radius 1 is 1.35 bits per heavy atom. The number of phenols is 2. The predicted molar refractivity (Wildman–Crippen MR) is 56.8 cm³/mol. The van der Waals surface area contributed by atoms with Crippen molar-refractivity contribution in [1.29, 1.82) is 0 Å². The summed E-state index contributed by atoms with van der Waals surface area (Å²) in [6, 6.07) is 3.88. The van der Waals surface area contributed by atoms with Gasteiger partial charge in [0.15, 0.2) is 5.82 Å². The van der Waals surface area contributed by atoms with Gasteiger partial charge < -0.3 is 14.7 Å². The topological polar surface area (TPSA) is 108 Å². The van der Waals surface area contributed by atoms with E-state index < -0.39 is 5.91 Å². The Kier molecular flexibility index (Phi) is 2.65. The van der Waals surface area contributed by atoms with Gasteiger partial charge in [-0.1, -0.05) is 11.2 Å². The van der Waals surface area contributed by atoms with Crippen LogP contribution in [0.1, 0.15) is 16.2 Å². The lowest BCUT2D eigenvalue weighted by atomic mass is 10.1. The number of amides is 1. The van der Waals surface area contributed by atoms with Crippen molar-refractivity contribution in [1.82, 2.24) is 10.1 Å². The van der Waals surface area contributed by atoms with Gasteiger partial charge in [-0.05, 0) is 19.1 Å². The second-order valence-electron chi connectivity index (χ2n) is 3.27. The Hall–Kier alpha value is -2.57. The van der Waals surface area contributed by atoms with Crippen LogP contribution in [-0.4, -0.2) is 26.3 Å². The van der Waals surface area contributed by atoms with E-state index in [0.29, 0.717) is 5.82 Å². The van der Waals surface area contributed by atoms with E-state index in [4.69, 9.17) is 0 Å². The SMILES string of the molecule is Cc1noc(NC(=O)c2c(O)cccc2O)n1. The van der Waals surface area contributed by atoms with Crippen LogP contribution in [0.3, 0.4) is 0 Å². The number of benzene rings is 1. The lowest BCUT2D eigenvalue weighted by Gasteiger charge is -2.04. The molecule has 0 spiro atoms. The molecule has 3 N–H and O–H groups in total. The molecule has 0 saturated heterocycles. The van der Waals surface area contributed by atoms with E-state index in [2.05, 4.69) is 20.0 Å². The van der Waals surface area contributed by atoms with E-state index >= 15 is 0 Å². The lowest BCUT2D eigenvalue weighted by molar-refractivity contribution is 0.101. The molecule has 0 aliphatic heterocycles. The average molecular weight is 235 g/mol. The van der Waals surface area contributed by atoms with Crippen LogP contribution in [0.25, 0.3) is 0 Å². The number of carbonyl (C=O) groups excluding carboxylic acids is 1. The van der Waals surface area contributed by atoms with Crippen molar-refractivity contribution in [3.63, 3.8) is 0 Å². The first-order valence-corrected chi connectivity index (χ1v) is 4.70. The molecule has 1 aromatic heterocycles. The zero-order chi connectivity index (χ0) is 12.4. The molecule has 7 nitrogen and oxygen atoms in total. The van der Waals surface area contributed by atoms with Crippen molar-refractivity contribution in [2.45, 2.75) is 6.92 Å². The van der Waals surface area contributed by atoms with E-state index in [1.165, 1.54) is 18.2 Å². The smallest absolute Gasteiger partial charge is 0.328 e. The summed E-state index contributed by atoms with van der Waals surface area (Å²) in [5.74, 6) is -1.04. The maximum Gasteiger partial charge on any atom is 0.328 e. The number of hydrogen-bond acceptors (Lipinski definition) is 6. The first-order valence-electron chi connectivity index (χ1n) is 4.70. The van der Waals surface area contributed by atoms with Crippen molar-refractivity contribution in [3.8, 4) is 11.5 Å². The maximum absolute atomic E-state index is 11.7. The number of nitrogens with zero attached hydrogens (tertiary/aromatic N) is 2. The highest BCUT2D eigenvalue weighted by Crippen LogP contribution is 2.26. The van der Waals surface area contributed by atoms with Gasteiger partial charge in [0.2, 0.25) is 0 Å². The van der Waals surface area contributed by atoms with Gasteiger partial charge in [-0.2, -0.15) is 4.98 Å². The number of hydrogen-bond donors (Lipinski definition) is 3. The van der Waals surface area contributed by atoms with Crippen LogP contribution in [-0.2, 0) is 0 Å². The van der Waals surface area contributed by atoms with Crippen molar-refractivity contribution < 1.29 is 19.5 Å². The van der Waals surface area contributed by atoms with Gasteiger partial charge in [-0.3, -0.25) is 10.1 Å². The first-order chi connectivity index (χ1) is 8.08. The molecule has 1 aromatic carbocycles. The minimum atomic E-state index is -0.732. The van der Waals surface area contributed by atoms with Crippen LogP contribution in [0.5, 0.6) is 11.5 Å². The quantitative estimate of drug-likeness (QED) is 0.717. The van der Waals surface area contributed by atoms with Crippen LogP contribution in [0.15, 0.2) is 22.7 Å². The largest absolute Gasteiger partial charge is 0.507 e. The third-order valence-electron chi connectivity index (χ3n) is 2.00. The molecular formula is C10H9N3O4. The molecule has 0 aliphatic rings. The minimum Gasteiger partial charge on any atom is -0.507 e. The number of nitrogens with one attached hydrogen (secondary N) is 1. The van der Waals surface area contributed by atoms with Gasteiger partial charge in [0, 0.05) is 0 Å². The highest BCUT2D eigenvalue weighted by molar-refractivity contribution is 6.07. The van der Waals surface area contributed by atoms with Gasteiger partial charge in [-0.15, -0.1) is 0 Å². The summed E-state index contributed by atoms with van der Waals surface area (Å²) in [5.41, 5.74) is -0.247. The van der Waals surface area contributed by atoms with Crippen LogP contribution in [0.2, 0.25) is 0 Å². The first kappa shape index (κ1) is 10.9. The Morgan fingerprint density at radius 2 is 2.00 bits per heavy atom. The molecule has 2 rings (SSSR count). The maximum atomic E-state index is 11.7. The molecule has 0 fully saturated rings. The Bertz CT molecular complexity index is 544. The summed E-state index contributed by atoms with van der Waals surface area (Å²) in [7, 11) is 0. The van der Waals surface area contributed by atoms with E-state index in [0.717, 1.165) is 0 Å². The summed E-state index contributed by atoms with van der Waals surface area (Å²) >= 11 is 0. The zero-order valence-corrected chi connectivity index (χ0v) is 8.84. The van der Waals surface area contributed by atoms with Gasteiger partial charge in [0.1, 0.15) is 17.1 Å². The van der Waals surface area contributed by atoms with Gasteiger partial charge in [-0.25, -0.2) is 0 Å². The molecule has 17 heavy (non-hydrogen) atoms. The molecule has 88 valence electrons. The Balaban J connectivity index is 2.26. The molecule has 7 heteroatoms. The Labute approximate surface area is 95.7 Å². The van der Waals surface area contributed by atoms with Crippen molar-refractivity contribution in [2.75, 3.05) is 5.32 Å². The van der Waals surface area contributed by atoms with Gasteiger partial charge >= 0.3 is 6.01 Å². The monoisotopic (exact) mass is 235 g/mol. The molecule has 0 atom stereocenters. The molecule has 0 bridgehead atoms. The minimum absolute atomic E-state index is 0.102. The van der Waals surface area contributed by atoms with E-state index in [-0.39, 0.29) is 23.1 Å². The predicted octanol–water partition coefficient (Wildman–Crippen LogP) is 1.04. The third-order valence-corrected chi connectivity index (χ3v) is 2.00. The molecule has 2 aromatic rings. The van der Waals surface area contributed by atoms with Gasteiger partial charge in [0.05, 0.1) is 0 Å². The molecule has 1 amide bonds. The third kappa shape index (κ3) is 2.17. The summed E-state index contributed by atoms with van der Waals surface area (Å²) < 4.78 is 4.68. The summed E-state index contributed by atoms with van der Waals surface area (Å²) in [6.45, 7) is 1.59. The molecule has 0 unspecified atom stereocenters. The molecule has 0 radical (unpaired) electrons. The fraction of sp³-hybridized carbons (Fsp3) is 0.100. The molecule has 0 aliphatic carbocycles. The number of anilines is 1. The number of rotatable bonds is 2. The number of aromatic hydroxyl groups is 2. The van der Waals surface area contributed by atoms with Crippen LogP contribution in [0.4, 0.5) is 6.01 Å². The standard InChI is InChI=1S/C10H9N3O4/c1-5-11-10(17-13-5)12-9(16)8-6(14)3-2-4-7(8)15/h2-4,14-15H,1H3,(H,11,12,13,16). The van der Waals surface area contributed by atoms with Crippen LogP contribution in [0, 0.1) is 6.92 Å². The molecular weight excluding hydrogens is 226 g/mol. The number of aryl methyl sites for hydroxylation is 1. The number of aromatic nitrogens is 2. The number of carbonyl (C=O) groups is 1. The average Bonchev–Trinajstić information content (AvgIpc) is 2.63. The van der Waals surface area contributed by atoms with E-state index in [9.17, 15) is 15.0 Å². The van der Waals surface area contributed by atoms with Crippen molar-refractivity contribution in [3.05, 3.63) is 29.6 Å². The number of phenolic OH excluding ortho intramolecular Hbond substituents is 2. The normalized spacial score (nSPS) is 10.2. The van der Waals surface area contributed by atoms with Crippen molar-refractivity contribution in [2.24, 2.45) is 0 Å². The summed E-state index contributed by atoms with van der Waals surface area (Å²) in [6.07, 6.45) is 0. The van der Waals surface area contributed by atoms with E-state index in [1.807, 2.05) is 0 Å². The summed E-state index contributed by atoms with van der Waals surface area (Å²) in [5, 5.41) is 24.7. The highest BCUT2D eigenvalue weighted by atomic mass is 16.5. The summed E-state index contributed by atoms with van der Waals surface area (Å²) in [4.78, 5) is 15.5. The molecule has 0 saturated carbocycles. The van der Waals surface area contributed by atoms with Crippen LogP contribution >= 0.6 is 0 Å². The fourth-order valence-electron chi connectivity index (χ4n) is 1.27. The van der Waals surface area contributed by atoms with Crippen molar-refractivity contribution >= 4 is 11.9 Å². The second kappa shape index (κ2) is 4.12.